The minimum atomic E-state index is 0. The summed E-state index contributed by atoms with van der Waals surface area (Å²) in [7, 11) is 2.02. The van der Waals surface area contributed by atoms with Crippen LogP contribution in [0.3, 0.4) is 0 Å². The van der Waals surface area contributed by atoms with Crippen molar-refractivity contribution in [1.82, 2.24) is 15.1 Å². The van der Waals surface area contributed by atoms with Crippen molar-refractivity contribution in [3.8, 4) is 0 Å². The molecule has 0 aromatic heterocycles. The summed E-state index contributed by atoms with van der Waals surface area (Å²) in [6.07, 6.45) is 3.73. The summed E-state index contributed by atoms with van der Waals surface area (Å²) < 4.78 is 0. The predicted octanol–water partition coefficient (Wildman–Crippen LogP) is 2.81. The van der Waals surface area contributed by atoms with Crippen LogP contribution < -0.4 is 10.2 Å². The second-order valence-electron chi connectivity index (χ2n) is 7.82. The van der Waals surface area contributed by atoms with E-state index in [2.05, 4.69) is 51.2 Å². The SMILES string of the molecule is CNCCC1CCN(CC(=O)N2CCN(c3cccc(C)c3)CC2)CC1.Cl.Cl. The Morgan fingerprint density at radius 2 is 1.75 bits per heavy atom. The van der Waals surface area contributed by atoms with Crippen LogP contribution in [0.2, 0.25) is 0 Å². The summed E-state index contributed by atoms with van der Waals surface area (Å²) in [5.74, 6) is 1.13. The first-order chi connectivity index (χ1) is 12.7. The molecule has 2 aliphatic rings. The van der Waals surface area contributed by atoms with Crippen molar-refractivity contribution in [2.75, 3.05) is 64.3 Å². The highest BCUT2D eigenvalue weighted by molar-refractivity contribution is 5.85. The quantitative estimate of drug-likeness (QED) is 0.752. The molecule has 7 heteroatoms. The van der Waals surface area contributed by atoms with Gasteiger partial charge in [-0.1, -0.05) is 12.1 Å². The summed E-state index contributed by atoms with van der Waals surface area (Å²) in [5, 5.41) is 3.24. The molecule has 5 nitrogen and oxygen atoms in total. The number of nitrogens with one attached hydrogen (secondary N) is 1. The summed E-state index contributed by atoms with van der Waals surface area (Å²) in [6, 6.07) is 8.64. The molecule has 2 heterocycles. The van der Waals surface area contributed by atoms with Gasteiger partial charge in [0.15, 0.2) is 0 Å². The van der Waals surface area contributed by atoms with Crippen LogP contribution in [-0.4, -0.2) is 75.1 Å². The average Bonchev–Trinajstić information content (AvgIpc) is 2.67. The second-order valence-corrected chi connectivity index (χ2v) is 7.82. The normalized spacial score (nSPS) is 18.4. The maximum absolute atomic E-state index is 12.7. The highest BCUT2D eigenvalue weighted by atomic mass is 35.5. The molecule has 2 aliphatic heterocycles. The molecule has 2 fully saturated rings. The van der Waals surface area contributed by atoms with Gasteiger partial charge in [0.05, 0.1) is 6.54 Å². The number of likely N-dealkylation sites (tertiary alicyclic amines) is 1. The van der Waals surface area contributed by atoms with Gasteiger partial charge in [-0.3, -0.25) is 9.69 Å². The molecule has 0 atom stereocenters. The number of carbonyl (C=O) groups excluding carboxylic acids is 1. The number of anilines is 1. The predicted molar refractivity (Wildman–Crippen MR) is 122 cm³/mol. The van der Waals surface area contributed by atoms with Crippen LogP contribution in [0.15, 0.2) is 24.3 Å². The van der Waals surface area contributed by atoms with Crippen molar-refractivity contribution >= 4 is 36.4 Å². The van der Waals surface area contributed by atoms with Gasteiger partial charge in [-0.05, 0) is 76.5 Å². The highest BCUT2D eigenvalue weighted by Gasteiger charge is 2.25. The van der Waals surface area contributed by atoms with Crippen LogP contribution in [0.25, 0.3) is 0 Å². The third-order valence-corrected chi connectivity index (χ3v) is 5.87. The number of piperidine rings is 1. The number of piperazine rings is 1. The molecule has 0 radical (unpaired) electrons. The fourth-order valence-corrected chi connectivity index (χ4v) is 4.11. The first-order valence-electron chi connectivity index (χ1n) is 10.1. The van der Waals surface area contributed by atoms with E-state index in [0.29, 0.717) is 12.5 Å². The Morgan fingerprint density at radius 1 is 1.07 bits per heavy atom. The van der Waals surface area contributed by atoms with Crippen LogP contribution in [0.4, 0.5) is 5.69 Å². The molecule has 2 saturated heterocycles. The minimum absolute atomic E-state index is 0. The molecule has 1 aromatic rings. The smallest absolute Gasteiger partial charge is 0.236 e. The van der Waals surface area contributed by atoms with Crippen LogP contribution in [0, 0.1) is 12.8 Å². The van der Waals surface area contributed by atoms with Gasteiger partial charge in [-0.25, -0.2) is 0 Å². The molecule has 0 unspecified atom stereocenters. The maximum atomic E-state index is 12.7. The number of aryl methyl sites for hydroxylation is 1. The van der Waals surface area contributed by atoms with E-state index in [1.165, 1.54) is 30.5 Å². The molecule has 1 aromatic carbocycles. The fourth-order valence-electron chi connectivity index (χ4n) is 4.11. The van der Waals surface area contributed by atoms with Crippen LogP contribution in [-0.2, 0) is 4.79 Å². The van der Waals surface area contributed by atoms with E-state index in [1.807, 2.05) is 7.05 Å². The average molecular weight is 431 g/mol. The summed E-state index contributed by atoms with van der Waals surface area (Å²) in [5.41, 5.74) is 2.57. The van der Waals surface area contributed by atoms with Gasteiger partial charge in [0, 0.05) is 31.9 Å². The summed E-state index contributed by atoms with van der Waals surface area (Å²) >= 11 is 0. The number of carbonyl (C=O) groups is 1. The Balaban J connectivity index is 0.00000196. The molecule has 28 heavy (non-hydrogen) atoms. The molecule has 0 saturated carbocycles. The number of benzene rings is 1. The zero-order chi connectivity index (χ0) is 18.4. The topological polar surface area (TPSA) is 38.8 Å². The van der Waals surface area contributed by atoms with Crippen LogP contribution in [0.5, 0.6) is 0 Å². The molecule has 0 spiro atoms. The van der Waals surface area contributed by atoms with E-state index in [4.69, 9.17) is 0 Å². The lowest BCUT2D eigenvalue weighted by Crippen LogP contribution is -2.52. The molecule has 3 rings (SSSR count). The van der Waals surface area contributed by atoms with E-state index >= 15 is 0 Å². The van der Waals surface area contributed by atoms with Crippen molar-refractivity contribution in [3.05, 3.63) is 29.8 Å². The molecule has 160 valence electrons. The number of halogens is 2. The number of hydrogen-bond acceptors (Lipinski definition) is 4. The van der Waals surface area contributed by atoms with Gasteiger partial charge in [-0.2, -0.15) is 0 Å². The van der Waals surface area contributed by atoms with E-state index in [-0.39, 0.29) is 24.8 Å². The Hall–Kier alpha value is -1.01. The zero-order valence-electron chi connectivity index (χ0n) is 17.2. The molecular weight excluding hydrogens is 395 g/mol. The molecule has 0 aliphatic carbocycles. The standard InChI is InChI=1S/C21H34N4O.2ClH/c1-18-4-3-5-20(16-18)24-12-14-25(15-13-24)21(26)17-23-10-7-19(8-11-23)6-9-22-2;;/h3-5,16,19,22H,6-15,17H2,1-2H3;2*1H. The van der Waals surface area contributed by atoms with Gasteiger partial charge >= 0.3 is 0 Å². The highest BCUT2D eigenvalue weighted by Crippen LogP contribution is 2.21. The number of amides is 1. The second kappa shape index (κ2) is 12.5. The third kappa shape index (κ3) is 7.11. The van der Waals surface area contributed by atoms with Gasteiger partial charge < -0.3 is 15.1 Å². The van der Waals surface area contributed by atoms with Crippen molar-refractivity contribution in [2.45, 2.75) is 26.2 Å². The van der Waals surface area contributed by atoms with E-state index in [1.54, 1.807) is 0 Å². The van der Waals surface area contributed by atoms with Crippen molar-refractivity contribution in [3.63, 3.8) is 0 Å². The summed E-state index contributed by atoms with van der Waals surface area (Å²) in [6.45, 7) is 9.52. The molecule has 1 amide bonds. The molecular formula is C21H36Cl2N4O. The Morgan fingerprint density at radius 3 is 2.36 bits per heavy atom. The largest absolute Gasteiger partial charge is 0.368 e. The summed E-state index contributed by atoms with van der Waals surface area (Å²) in [4.78, 5) is 19.5. The van der Waals surface area contributed by atoms with Crippen molar-refractivity contribution < 1.29 is 4.79 Å². The van der Waals surface area contributed by atoms with Gasteiger partial charge in [-0.15, -0.1) is 24.8 Å². The van der Waals surface area contributed by atoms with Crippen molar-refractivity contribution in [1.29, 1.82) is 0 Å². The van der Waals surface area contributed by atoms with Crippen molar-refractivity contribution in [2.24, 2.45) is 5.92 Å². The zero-order valence-corrected chi connectivity index (χ0v) is 18.9. The lowest BCUT2D eigenvalue weighted by Gasteiger charge is -2.38. The molecule has 1 N–H and O–H groups in total. The Kier molecular flexibility index (Phi) is 11.2. The fraction of sp³-hybridized carbons (Fsp3) is 0.667. The van der Waals surface area contributed by atoms with Crippen LogP contribution in [0.1, 0.15) is 24.8 Å². The van der Waals surface area contributed by atoms with Gasteiger partial charge in [0.25, 0.3) is 0 Å². The first-order valence-corrected chi connectivity index (χ1v) is 10.1. The third-order valence-electron chi connectivity index (χ3n) is 5.87. The Labute approximate surface area is 182 Å². The lowest BCUT2D eigenvalue weighted by molar-refractivity contribution is -0.133. The Bertz CT molecular complexity index is 586. The van der Waals surface area contributed by atoms with Gasteiger partial charge in [0.1, 0.15) is 0 Å². The maximum Gasteiger partial charge on any atom is 0.236 e. The van der Waals surface area contributed by atoms with Gasteiger partial charge in [0.2, 0.25) is 5.91 Å². The van der Waals surface area contributed by atoms with E-state index in [0.717, 1.165) is 51.7 Å². The monoisotopic (exact) mass is 430 g/mol. The number of hydrogen-bond donors (Lipinski definition) is 1. The number of rotatable bonds is 6. The van der Waals surface area contributed by atoms with Crippen LogP contribution >= 0.6 is 24.8 Å². The minimum Gasteiger partial charge on any atom is -0.368 e. The first kappa shape index (κ1) is 25.0. The van der Waals surface area contributed by atoms with E-state index in [9.17, 15) is 4.79 Å². The van der Waals surface area contributed by atoms with E-state index < -0.39 is 0 Å². The lowest BCUT2D eigenvalue weighted by atomic mass is 9.93. The number of nitrogens with zero attached hydrogens (tertiary/aromatic N) is 3. The molecule has 0 bridgehead atoms.